The quantitative estimate of drug-likeness (QED) is 0.718. The van der Waals surface area contributed by atoms with Crippen LogP contribution in [0.1, 0.15) is 46.0 Å². The van der Waals surface area contributed by atoms with Gasteiger partial charge in [0, 0.05) is 19.1 Å². The summed E-state index contributed by atoms with van der Waals surface area (Å²) in [5.41, 5.74) is 2.04. The Morgan fingerprint density at radius 2 is 1.57 bits per heavy atom. The topological polar surface area (TPSA) is 60.9 Å². The van der Waals surface area contributed by atoms with E-state index in [1.54, 1.807) is 24.3 Å². The van der Waals surface area contributed by atoms with Gasteiger partial charge in [0.25, 0.3) is 11.8 Å². The largest absolute Gasteiger partial charge is 0.390 e. The number of hydrogen-bond acceptors (Lipinski definition) is 4. The number of β-amino-alcohol motifs (C(OH)–C–C–N with tert-alkyl or cyclic N) is 1. The van der Waals surface area contributed by atoms with Crippen molar-refractivity contribution in [1.82, 2.24) is 9.80 Å². The molecule has 5 nitrogen and oxygen atoms in total. The molecule has 2 aliphatic rings. The Morgan fingerprint density at radius 3 is 2.14 bits per heavy atom. The second-order valence-corrected chi connectivity index (χ2v) is 7.91. The predicted molar refractivity (Wildman–Crippen MR) is 107 cm³/mol. The number of rotatable bonds is 8. The van der Waals surface area contributed by atoms with Gasteiger partial charge < -0.3 is 5.11 Å². The zero-order valence-electron chi connectivity index (χ0n) is 16.1. The molecule has 2 unspecified atom stereocenters. The highest BCUT2D eigenvalue weighted by molar-refractivity contribution is 6.21. The molecule has 146 valence electrons. The van der Waals surface area contributed by atoms with Crippen molar-refractivity contribution < 1.29 is 14.7 Å². The maximum atomic E-state index is 12.6. The minimum absolute atomic E-state index is 0.0228. The minimum Gasteiger partial charge on any atom is -0.390 e. The summed E-state index contributed by atoms with van der Waals surface area (Å²) in [6, 6.07) is 17.4. The third-order valence-corrected chi connectivity index (χ3v) is 5.83. The molecular weight excluding hydrogens is 352 g/mol. The van der Waals surface area contributed by atoms with E-state index < -0.39 is 6.10 Å². The van der Waals surface area contributed by atoms with Gasteiger partial charge in [-0.25, -0.2) is 0 Å². The lowest BCUT2D eigenvalue weighted by atomic mass is 10.1. The fourth-order valence-corrected chi connectivity index (χ4v) is 4.01. The van der Waals surface area contributed by atoms with Gasteiger partial charge in [0.2, 0.25) is 0 Å². The fraction of sp³-hybridized carbons (Fsp3) is 0.391. The van der Waals surface area contributed by atoms with Gasteiger partial charge in [-0.2, -0.15) is 0 Å². The van der Waals surface area contributed by atoms with Gasteiger partial charge in [-0.3, -0.25) is 19.4 Å². The SMILES string of the molecule is CC(C1CC1)N(Cc1ccccc1)CC(O)CN1C(=O)c2ccccc2C1=O. The van der Waals surface area contributed by atoms with Crippen molar-refractivity contribution in [3.8, 4) is 0 Å². The fourth-order valence-electron chi connectivity index (χ4n) is 4.01. The van der Waals surface area contributed by atoms with Gasteiger partial charge in [-0.1, -0.05) is 42.5 Å². The molecule has 0 saturated heterocycles. The standard InChI is InChI=1S/C23H26N2O3/c1-16(18-11-12-18)24(13-17-7-3-2-4-8-17)14-19(26)15-25-22(27)20-9-5-6-10-21(20)23(25)28/h2-10,16,18-19,26H,11-15H2,1H3. The number of aliphatic hydroxyl groups is 1. The van der Waals surface area contributed by atoms with Crippen molar-refractivity contribution in [2.24, 2.45) is 5.92 Å². The number of benzene rings is 2. The molecule has 2 atom stereocenters. The van der Waals surface area contributed by atoms with E-state index in [2.05, 4.69) is 24.0 Å². The summed E-state index contributed by atoms with van der Waals surface area (Å²) in [7, 11) is 0. The van der Waals surface area contributed by atoms with Crippen LogP contribution in [0.5, 0.6) is 0 Å². The first-order valence-corrected chi connectivity index (χ1v) is 9.96. The van der Waals surface area contributed by atoms with Crippen molar-refractivity contribution in [2.75, 3.05) is 13.1 Å². The number of carbonyl (C=O) groups excluding carboxylic acids is 2. The number of fused-ring (bicyclic) bond motifs is 1. The van der Waals surface area contributed by atoms with Crippen LogP contribution >= 0.6 is 0 Å². The Hall–Kier alpha value is -2.50. The summed E-state index contributed by atoms with van der Waals surface area (Å²) in [6.45, 7) is 3.40. The highest BCUT2D eigenvalue weighted by atomic mass is 16.3. The number of aliphatic hydroxyl groups excluding tert-OH is 1. The minimum atomic E-state index is -0.785. The Balaban J connectivity index is 1.44. The smallest absolute Gasteiger partial charge is 0.261 e. The normalized spacial score (nSPS) is 18.5. The van der Waals surface area contributed by atoms with Gasteiger partial charge in [-0.15, -0.1) is 0 Å². The molecule has 1 aliphatic carbocycles. The number of nitrogens with zero attached hydrogens (tertiary/aromatic N) is 2. The van der Waals surface area contributed by atoms with Crippen LogP contribution in [-0.4, -0.2) is 52.0 Å². The van der Waals surface area contributed by atoms with E-state index in [1.807, 2.05) is 18.2 Å². The van der Waals surface area contributed by atoms with Crippen LogP contribution in [0, 0.1) is 5.92 Å². The molecule has 28 heavy (non-hydrogen) atoms. The number of hydrogen-bond donors (Lipinski definition) is 1. The molecule has 0 radical (unpaired) electrons. The van der Waals surface area contributed by atoms with E-state index in [4.69, 9.17) is 0 Å². The average molecular weight is 378 g/mol. The Kier molecular flexibility index (Phi) is 5.29. The van der Waals surface area contributed by atoms with Gasteiger partial charge in [-0.05, 0) is 43.4 Å². The third-order valence-electron chi connectivity index (χ3n) is 5.83. The molecular formula is C23H26N2O3. The molecule has 1 heterocycles. The summed E-state index contributed by atoms with van der Waals surface area (Å²) in [5, 5.41) is 10.7. The number of carbonyl (C=O) groups is 2. The van der Waals surface area contributed by atoms with Crippen LogP contribution in [0.15, 0.2) is 54.6 Å². The van der Waals surface area contributed by atoms with Crippen LogP contribution in [0.25, 0.3) is 0 Å². The van der Waals surface area contributed by atoms with E-state index in [0.29, 0.717) is 29.6 Å². The molecule has 5 heteroatoms. The summed E-state index contributed by atoms with van der Waals surface area (Å²) in [6.07, 6.45) is 1.66. The predicted octanol–water partition coefficient (Wildman–Crippen LogP) is 2.94. The molecule has 1 aliphatic heterocycles. The monoisotopic (exact) mass is 378 g/mol. The van der Waals surface area contributed by atoms with Gasteiger partial charge in [0.15, 0.2) is 0 Å². The maximum Gasteiger partial charge on any atom is 0.261 e. The van der Waals surface area contributed by atoms with E-state index in [1.165, 1.54) is 23.3 Å². The van der Waals surface area contributed by atoms with E-state index in [0.717, 1.165) is 6.54 Å². The van der Waals surface area contributed by atoms with Gasteiger partial charge >= 0.3 is 0 Å². The molecule has 2 aromatic carbocycles. The molecule has 1 N–H and O–H groups in total. The molecule has 2 amide bonds. The molecule has 1 saturated carbocycles. The molecule has 2 aromatic rings. The summed E-state index contributed by atoms with van der Waals surface area (Å²) in [4.78, 5) is 28.6. The Bertz CT molecular complexity index is 828. The Labute approximate surface area is 165 Å². The van der Waals surface area contributed by atoms with Crippen LogP contribution in [0.2, 0.25) is 0 Å². The van der Waals surface area contributed by atoms with Crippen molar-refractivity contribution in [3.05, 3.63) is 71.3 Å². The van der Waals surface area contributed by atoms with E-state index >= 15 is 0 Å². The molecule has 0 spiro atoms. The first-order chi connectivity index (χ1) is 13.5. The van der Waals surface area contributed by atoms with Crippen LogP contribution in [0.3, 0.4) is 0 Å². The number of amides is 2. The summed E-state index contributed by atoms with van der Waals surface area (Å²) < 4.78 is 0. The molecule has 4 rings (SSSR count). The van der Waals surface area contributed by atoms with Gasteiger partial charge in [0.1, 0.15) is 0 Å². The van der Waals surface area contributed by atoms with Crippen molar-refractivity contribution in [1.29, 1.82) is 0 Å². The third kappa shape index (κ3) is 3.86. The first-order valence-electron chi connectivity index (χ1n) is 9.96. The van der Waals surface area contributed by atoms with Crippen molar-refractivity contribution in [2.45, 2.75) is 38.5 Å². The highest BCUT2D eigenvalue weighted by Crippen LogP contribution is 2.35. The van der Waals surface area contributed by atoms with Crippen molar-refractivity contribution in [3.63, 3.8) is 0 Å². The lowest BCUT2D eigenvalue weighted by molar-refractivity contribution is 0.0402. The average Bonchev–Trinajstić information content (AvgIpc) is 3.53. The van der Waals surface area contributed by atoms with Crippen LogP contribution in [-0.2, 0) is 6.54 Å². The molecule has 0 aromatic heterocycles. The second-order valence-electron chi connectivity index (χ2n) is 7.91. The van der Waals surface area contributed by atoms with E-state index in [9.17, 15) is 14.7 Å². The molecule has 0 bridgehead atoms. The lowest BCUT2D eigenvalue weighted by Crippen LogP contribution is -2.45. The van der Waals surface area contributed by atoms with Crippen LogP contribution in [0.4, 0.5) is 0 Å². The lowest BCUT2D eigenvalue weighted by Gasteiger charge is -2.32. The highest BCUT2D eigenvalue weighted by Gasteiger charge is 2.37. The first kappa shape index (κ1) is 18.8. The van der Waals surface area contributed by atoms with E-state index in [-0.39, 0.29) is 18.4 Å². The zero-order chi connectivity index (χ0) is 19.7. The zero-order valence-corrected chi connectivity index (χ0v) is 16.1. The van der Waals surface area contributed by atoms with Gasteiger partial charge in [0.05, 0.1) is 23.8 Å². The maximum absolute atomic E-state index is 12.6. The van der Waals surface area contributed by atoms with Crippen LogP contribution < -0.4 is 0 Å². The van der Waals surface area contributed by atoms with Crippen molar-refractivity contribution >= 4 is 11.8 Å². The number of imide groups is 1. The molecule has 1 fully saturated rings. The summed E-state index contributed by atoms with van der Waals surface area (Å²) >= 11 is 0. The Morgan fingerprint density at radius 1 is 1.00 bits per heavy atom. The second kappa shape index (κ2) is 7.86. The summed E-state index contributed by atoms with van der Waals surface area (Å²) in [5.74, 6) is 0.0317.